The molecule has 1 unspecified atom stereocenters. The first-order valence-corrected chi connectivity index (χ1v) is 6.59. The summed E-state index contributed by atoms with van der Waals surface area (Å²) in [6.07, 6.45) is 1.94. The van der Waals surface area contributed by atoms with Crippen molar-refractivity contribution in [1.82, 2.24) is 5.32 Å². The van der Waals surface area contributed by atoms with Gasteiger partial charge in [0.25, 0.3) is 0 Å². The number of urea groups is 1. The molecule has 0 aliphatic heterocycles. The summed E-state index contributed by atoms with van der Waals surface area (Å²) in [5, 5.41) is 3.96. The second kappa shape index (κ2) is 6.51. The lowest BCUT2D eigenvalue weighted by Crippen LogP contribution is -2.38. The summed E-state index contributed by atoms with van der Waals surface area (Å²) in [4.78, 5) is 23.6. The molecule has 0 saturated carbocycles. The fraction of sp³-hybridized carbons (Fsp3) is 0.273. The predicted octanol–water partition coefficient (Wildman–Crippen LogP) is 2.68. The van der Waals surface area contributed by atoms with Crippen LogP contribution in [0.4, 0.5) is 10.5 Å². The van der Waals surface area contributed by atoms with Gasteiger partial charge in [0.1, 0.15) is 5.38 Å². The molecule has 0 bridgehead atoms. The molecule has 17 heavy (non-hydrogen) atoms. The lowest BCUT2D eigenvalue weighted by molar-refractivity contribution is -0.119. The SMILES string of the molecule is CSc1cccc(NC(=O)NC(=O)C(C)Cl)c1. The molecule has 1 atom stereocenters. The van der Waals surface area contributed by atoms with Gasteiger partial charge in [-0.3, -0.25) is 10.1 Å². The molecule has 92 valence electrons. The Morgan fingerprint density at radius 1 is 1.41 bits per heavy atom. The van der Waals surface area contributed by atoms with Crippen molar-refractivity contribution in [1.29, 1.82) is 0 Å². The van der Waals surface area contributed by atoms with Crippen LogP contribution in [0, 0.1) is 0 Å². The Labute approximate surface area is 109 Å². The van der Waals surface area contributed by atoms with Crippen LogP contribution in [-0.4, -0.2) is 23.6 Å². The Bertz CT molecular complexity index is 424. The number of alkyl halides is 1. The number of carbonyl (C=O) groups excluding carboxylic acids is 2. The molecule has 0 fully saturated rings. The van der Waals surface area contributed by atoms with Crippen molar-refractivity contribution >= 4 is 41.0 Å². The van der Waals surface area contributed by atoms with E-state index in [-0.39, 0.29) is 0 Å². The maximum atomic E-state index is 11.4. The number of hydrogen-bond acceptors (Lipinski definition) is 3. The third-order valence-corrected chi connectivity index (χ3v) is 2.85. The van der Waals surface area contributed by atoms with E-state index < -0.39 is 17.3 Å². The number of nitrogens with one attached hydrogen (secondary N) is 2. The van der Waals surface area contributed by atoms with Crippen molar-refractivity contribution < 1.29 is 9.59 Å². The normalized spacial score (nSPS) is 11.7. The van der Waals surface area contributed by atoms with Crippen molar-refractivity contribution in [3.63, 3.8) is 0 Å². The van der Waals surface area contributed by atoms with Crippen molar-refractivity contribution in [2.45, 2.75) is 17.2 Å². The Morgan fingerprint density at radius 3 is 2.71 bits per heavy atom. The van der Waals surface area contributed by atoms with Crippen LogP contribution in [0.15, 0.2) is 29.2 Å². The van der Waals surface area contributed by atoms with E-state index in [1.165, 1.54) is 6.92 Å². The quantitative estimate of drug-likeness (QED) is 0.657. The minimum absolute atomic E-state index is 0.523. The van der Waals surface area contributed by atoms with E-state index in [1.54, 1.807) is 17.8 Å². The van der Waals surface area contributed by atoms with Crippen molar-refractivity contribution in [2.24, 2.45) is 0 Å². The van der Waals surface area contributed by atoms with Crippen molar-refractivity contribution in [3.05, 3.63) is 24.3 Å². The van der Waals surface area contributed by atoms with Crippen LogP contribution < -0.4 is 10.6 Å². The van der Waals surface area contributed by atoms with Gasteiger partial charge < -0.3 is 5.32 Å². The molecule has 0 aliphatic rings. The lowest BCUT2D eigenvalue weighted by atomic mass is 10.3. The largest absolute Gasteiger partial charge is 0.325 e. The first-order chi connectivity index (χ1) is 8.02. The molecule has 3 amide bonds. The van der Waals surface area contributed by atoms with Crippen LogP contribution in [0.1, 0.15) is 6.92 Å². The van der Waals surface area contributed by atoms with Gasteiger partial charge in [0, 0.05) is 10.6 Å². The number of amides is 3. The van der Waals surface area contributed by atoms with Gasteiger partial charge in [-0.25, -0.2) is 4.79 Å². The molecule has 0 aliphatic carbocycles. The molecule has 0 radical (unpaired) electrons. The number of rotatable bonds is 3. The fourth-order valence-electron chi connectivity index (χ4n) is 1.07. The van der Waals surface area contributed by atoms with Gasteiger partial charge >= 0.3 is 6.03 Å². The summed E-state index contributed by atoms with van der Waals surface area (Å²) >= 11 is 7.10. The second-order valence-corrected chi connectivity index (χ2v) is 4.83. The van der Waals surface area contributed by atoms with Gasteiger partial charge in [0.15, 0.2) is 0 Å². The van der Waals surface area contributed by atoms with Crippen molar-refractivity contribution in [2.75, 3.05) is 11.6 Å². The molecule has 6 heteroatoms. The predicted molar refractivity (Wildman–Crippen MR) is 70.7 cm³/mol. The van der Waals surface area contributed by atoms with E-state index in [1.807, 2.05) is 24.5 Å². The third-order valence-electron chi connectivity index (χ3n) is 1.93. The molecule has 0 aromatic heterocycles. The van der Waals surface area contributed by atoms with E-state index in [0.717, 1.165) is 4.90 Å². The Kier molecular flexibility index (Phi) is 5.31. The molecule has 0 saturated heterocycles. The summed E-state index contributed by atoms with van der Waals surface area (Å²) in [6, 6.07) is 6.74. The highest BCUT2D eigenvalue weighted by Crippen LogP contribution is 2.18. The molecular weight excluding hydrogens is 260 g/mol. The standard InChI is InChI=1S/C11H13ClN2O2S/c1-7(12)10(15)14-11(16)13-8-4-3-5-9(6-8)17-2/h3-7H,1-2H3,(H2,13,14,15,16). The van der Waals surface area contributed by atoms with Gasteiger partial charge in [-0.2, -0.15) is 0 Å². The van der Waals surface area contributed by atoms with Crippen LogP contribution in [0.25, 0.3) is 0 Å². The van der Waals surface area contributed by atoms with E-state index in [4.69, 9.17) is 11.6 Å². The number of thioether (sulfide) groups is 1. The summed E-state index contributed by atoms with van der Waals surface area (Å²) < 4.78 is 0. The number of benzene rings is 1. The second-order valence-electron chi connectivity index (χ2n) is 3.29. The first kappa shape index (κ1) is 13.9. The van der Waals surface area contributed by atoms with Gasteiger partial charge in [0.05, 0.1) is 0 Å². The first-order valence-electron chi connectivity index (χ1n) is 4.93. The zero-order valence-electron chi connectivity index (χ0n) is 9.49. The van der Waals surface area contributed by atoms with E-state index in [9.17, 15) is 9.59 Å². The molecule has 4 nitrogen and oxygen atoms in total. The van der Waals surface area contributed by atoms with Gasteiger partial charge in [-0.1, -0.05) is 6.07 Å². The molecule has 0 heterocycles. The Hall–Kier alpha value is -1.20. The molecule has 1 aromatic carbocycles. The monoisotopic (exact) mass is 272 g/mol. The molecule has 2 N–H and O–H groups in total. The number of anilines is 1. The number of carbonyl (C=O) groups is 2. The average molecular weight is 273 g/mol. The van der Waals surface area contributed by atoms with Crippen LogP contribution in [0.2, 0.25) is 0 Å². The number of hydrogen-bond donors (Lipinski definition) is 2. The minimum Gasteiger partial charge on any atom is -0.308 e. The molecule has 1 aromatic rings. The number of halogens is 1. The summed E-state index contributed by atoms with van der Waals surface area (Å²) in [5.74, 6) is -0.523. The lowest BCUT2D eigenvalue weighted by Gasteiger charge is -2.08. The van der Waals surface area contributed by atoms with E-state index in [2.05, 4.69) is 10.6 Å². The zero-order chi connectivity index (χ0) is 12.8. The summed E-state index contributed by atoms with van der Waals surface area (Å²) in [6.45, 7) is 1.50. The van der Waals surface area contributed by atoms with Crippen molar-refractivity contribution in [3.8, 4) is 0 Å². The van der Waals surface area contributed by atoms with E-state index in [0.29, 0.717) is 5.69 Å². The Balaban J connectivity index is 2.59. The Morgan fingerprint density at radius 2 is 2.12 bits per heavy atom. The maximum Gasteiger partial charge on any atom is 0.325 e. The molecule has 0 spiro atoms. The highest BCUT2D eigenvalue weighted by Gasteiger charge is 2.12. The van der Waals surface area contributed by atoms with Crippen LogP contribution in [0.3, 0.4) is 0 Å². The van der Waals surface area contributed by atoms with Gasteiger partial charge in [-0.05, 0) is 31.4 Å². The minimum atomic E-state index is -0.738. The maximum absolute atomic E-state index is 11.4. The highest BCUT2D eigenvalue weighted by molar-refractivity contribution is 7.98. The van der Waals surface area contributed by atoms with E-state index >= 15 is 0 Å². The summed E-state index contributed by atoms with van der Waals surface area (Å²) in [7, 11) is 0. The molecular formula is C11H13ClN2O2S. The fourth-order valence-corrected chi connectivity index (χ4v) is 1.59. The molecule has 1 rings (SSSR count). The van der Waals surface area contributed by atoms with Crippen LogP contribution in [-0.2, 0) is 4.79 Å². The average Bonchev–Trinajstić information content (AvgIpc) is 2.28. The zero-order valence-corrected chi connectivity index (χ0v) is 11.1. The topological polar surface area (TPSA) is 58.2 Å². The number of imide groups is 1. The smallest absolute Gasteiger partial charge is 0.308 e. The van der Waals surface area contributed by atoms with Crippen LogP contribution in [0.5, 0.6) is 0 Å². The van der Waals surface area contributed by atoms with Gasteiger partial charge in [0.2, 0.25) is 5.91 Å². The van der Waals surface area contributed by atoms with Crippen LogP contribution >= 0.6 is 23.4 Å². The highest BCUT2D eigenvalue weighted by atomic mass is 35.5. The summed E-state index contributed by atoms with van der Waals surface area (Å²) in [5.41, 5.74) is 0.629. The third kappa shape index (κ3) is 4.66. The van der Waals surface area contributed by atoms with Gasteiger partial charge in [-0.15, -0.1) is 23.4 Å².